The third-order valence-corrected chi connectivity index (χ3v) is 6.47. The Morgan fingerprint density at radius 2 is 1.57 bits per heavy atom. The van der Waals surface area contributed by atoms with Gasteiger partial charge in [-0.3, -0.25) is 4.79 Å². The van der Waals surface area contributed by atoms with Crippen LogP contribution in [0.2, 0.25) is 10.0 Å². The molecule has 3 aromatic rings. The Hall–Kier alpha value is -2.34. The first kappa shape index (κ1) is 20.4. The molecule has 0 fully saturated rings. The van der Waals surface area contributed by atoms with Crippen molar-refractivity contribution in [1.29, 1.82) is 0 Å². The monoisotopic (exact) mass is 433 g/mol. The molecule has 0 saturated heterocycles. The van der Waals surface area contributed by atoms with Crippen LogP contribution in [0.15, 0.2) is 71.6 Å². The average molecular weight is 434 g/mol. The minimum absolute atomic E-state index is 0.00865. The smallest absolute Gasteiger partial charge is 0.268 e. The minimum Gasteiger partial charge on any atom is -0.268 e. The van der Waals surface area contributed by atoms with Crippen molar-refractivity contribution >= 4 is 44.8 Å². The summed E-state index contributed by atoms with van der Waals surface area (Å²) in [5.74, 6) is -0.751. The number of aryl methyl sites for hydroxylation is 2. The molecule has 0 aromatic heterocycles. The molecule has 0 N–H and O–H groups in total. The molecule has 0 bridgehead atoms. The number of amides is 1. The van der Waals surface area contributed by atoms with E-state index in [1.165, 1.54) is 30.3 Å². The zero-order valence-corrected chi connectivity index (χ0v) is 17.5. The molecule has 0 aliphatic heterocycles. The summed E-state index contributed by atoms with van der Waals surface area (Å²) in [6.07, 6.45) is 0. The predicted octanol–water partition coefficient (Wildman–Crippen LogP) is 5.65. The van der Waals surface area contributed by atoms with E-state index in [4.69, 9.17) is 23.2 Å². The summed E-state index contributed by atoms with van der Waals surface area (Å²) in [4.78, 5) is 13.4. The maximum atomic E-state index is 13.4. The lowest BCUT2D eigenvalue weighted by Crippen LogP contribution is -2.37. The van der Waals surface area contributed by atoms with Crippen LogP contribution in [0.1, 0.15) is 21.5 Å². The van der Waals surface area contributed by atoms with E-state index >= 15 is 0 Å². The molecule has 3 aromatic carbocycles. The fraction of sp³-hybridized carbons (Fsp3) is 0.0952. The van der Waals surface area contributed by atoms with Gasteiger partial charge in [-0.05, 0) is 61.4 Å². The van der Waals surface area contributed by atoms with Gasteiger partial charge in [0.1, 0.15) is 0 Å². The highest BCUT2D eigenvalue weighted by atomic mass is 35.5. The van der Waals surface area contributed by atoms with Crippen molar-refractivity contribution in [3.05, 3.63) is 93.5 Å². The van der Waals surface area contributed by atoms with E-state index in [2.05, 4.69) is 0 Å². The van der Waals surface area contributed by atoms with Crippen LogP contribution in [-0.4, -0.2) is 14.3 Å². The minimum atomic E-state index is -4.18. The zero-order valence-electron chi connectivity index (χ0n) is 15.2. The molecule has 7 heteroatoms. The van der Waals surface area contributed by atoms with Crippen LogP contribution in [0.5, 0.6) is 0 Å². The van der Waals surface area contributed by atoms with E-state index in [9.17, 15) is 13.2 Å². The van der Waals surface area contributed by atoms with Crippen molar-refractivity contribution in [3.63, 3.8) is 0 Å². The van der Waals surface area contributed by atoms with Crippen molar-refractivity contribution in [2.75, 3.05) is 4.31 Å². The number of carbonyl (C=O) groups excluding carboxylic acids is 1. The molecule has 0 atom stereocenters. The topological polar surface area (TPSA) is 54.5 Å². The second-order valence-electron chi connectivity index (χ2n) is 6.30. The van der Waals surface area contributed by atoms with Crippen molar-refractivity contribution in [3.8, 4) is 0 Å². The number of rotatable bonds is 4. The van der Waals surface area contributed by atoms with Crippen molar-refractivity contribution in [2.24, 2.45) is 0 Å². The molecule has 0 aliphatic rings. The molecule has 0 aliphatic carbocycles. The van der Waals surface area contributed by atoms with Gasteiger partial charge < -0.3 is 0 Å². The first-order valence-corrected chi connectivity index (χ1v) is 10.6. The molecule has 0 saturated carbocycles. The second-order valence-corrected chi connectivity index (χ2v) is 8.93. The van der Waals surface area contributed by atoms with Crippen LogP contribution in [0, 0.1) is 13.8 Å². The first-order chi connectivity index (χ1) is 13.2. The molecule has 1 amide bonds. The van der Waals surface area contributed by atoms with Crippen molar-refractivity contribution < 1.29 is 13.2 Å². The standard InChI is InChI=1S/C21H17Cl2NO3S/c1-14-8-9-15(2)20(12-14)24(28(26,27)17-6-4-3-5-7-17)21(25)18-11-10-16(22)13-19(18)23/h3-13H,1-2H3. The number of halogens is 2. The highest BCUT2D eigenvalue weighted by Gasteiger charge is 2.33. The molecule has 0 spiro atoms. The Labute approximate surface area is 174 Å². The largest absolute Gasteiger partial charge is 0.273 e. The van der Waals surface area contributed by atoms with E-state index in [-0.39, 0.29) is 21.2 Å². The number of anilines is 1. The maximum Gasteiger partial charge on any atom is 0.273 e. The summed E-state index contributed by atoms with van der Waals surface area (Å²) < 4.78 is 27.7. The van der Waals surface area contributed by atoms with Crippen molar-refractivity contribution in [2.45, 2.75) is 18.7 Å². The maximum absolute atomic E-state index is 13.4. The summed E-state index contributed by atoms with van der Waals surface area (Å²) in [6.45, 7) is 3.58. The van der Waals surface area contributed by atoms with Gasteiger partial charge in [-0.25, -0.2) is 8.42 Å². The third-order valence-electron chi connectivity index (χ3n) is 4.21. The predicted molar refractivity (Wildman–Crippen MR) is 113 cm³/mol. The summed E-state index contributed by atoms with van der Waals surface area (Å²) in [7, 11) is -4.18. The summed E-state index contributed by atoms with van der Waals surface area (Å²) in [5, 5.41) is 0.432. The number of hydrogen-bond acceptors (Lipinski definition) is 3. The van der Waals surface area contributed by atoms with Gasteiger partial charge >= 0.3 is 0 Å². The third kappa shape index (κ3) is 3.92. The Bertz CT molecular complexity index is 1150. The quantitative estimate of drug-likeness (QED) is 0.534. The van der Waals surface area contributed by atoms with Crippen LogP contribution in [0.3, 0.4) is 0 Å². The lowest BCUT2D eigenvalue weighted by atomic mass is 10.1. The van der Waals surface area contributed by atoms with E-state index in [0.29, 0.717) is 10.6 Å². The van der Waals surface area contributed by atoms with E-state index in [0.717, 1.165) is 9.87 Å². The number of sulfonamides is 1. The molecule has 4 nitrogen and oxygen atoms in total. The Kier molecular flexibility index (Phi) is 5.79. The van der Waals surface area contributed by atoms with Gasteiger partial charge in [0.2, 0.25) is 0 Å². The average Bonchev–Trinajstić information content (AvgIpc) is 2.65. The fourth-order valence-corrected chi connectivity index (χ4v) is 4.73. The number of carbonyl (C=O) groups is 1. The number of benzene rings is 3. The second kappa shape index (κ2) is 7.95. The van der Waals surface area contributed by atoms with Gasteiger partial charge in [0.15, 0.2) is 0 Å². The van der Waals surface area contributed by atoms with Gasteiger partial charge in [0.25, 0.3) is 15.9 Å². The zero-order chi connectivity index (χ0) is 20.5. The van der Waals surface area contributed by atoms with Gasteiger partial charge in [-0.1, -0.05) is 53.5 Å². The van der Waals surface area contributed by atoms with Crippen LogP contribution in [0.4, 0.5) is 5.69 Å². The fourth-order valence-electron chi connectivity index (χ4n) is 2.76. The van der Waals surface area contributed by atoms with Gasteiger partial charge in [-0.15, -0.1) is 0 Å². The molecule has 0 radical (unpaired) electrons. The van der Waals surface area contributed by atoms with E-state index < -0.39 is 15.9 Å². The molecule has 3 rings (SSSR count). The number of hydrogen-bond donors (Lipinski definition) is 0. The van der Waals surface area contributed by atoms with Gasteiger partial charge in [0, 0.05) is 5.02 Å². The van der Waals surface area contributed by atoms with E-state index in [1.54, 1.807) is 37.3 Å². The summed E-state index contributed by atoms with van der Waals surface area (Å²) in [5.41, 5.74) is 1.79. The van der Waals surface area contributed by atoms with Gasteiger partial charge in [0.05, 0.1) is 21.2 Å². The lowest BCUT2D eigenvalue weighted by Gasteiger charge is -2.25. The summed E-state index contributed by atoms with van der Waals surface area (Å²) >= 11 is 12.1. The Morgan fingerprint density at radius 3 is 2.21 bits per heavy atom. The van der Waals surface area contributed by atoms with Crippen LogP contribution < -0.4 is 4.31 Å². The molecule has 0 unspecified atom stereocenters. The lowest BCUT2D eigenvalue weighted by molar-refractivity contribution is 0.101. The molecule has 0 heterocycles. The highest BCUT2D eigenvalue weighted by molar-refractivity contribution is 7.93. The number of nitrogens with zero attached hydrogens (tertiary/aromatic N) is 1. The summed E-state index contributed by atoms with van der Waals surface area (Å²) in [6, 6.07) is 17.4. The normalized spacial score (nSPS) is 11.3. The highest BCUT2D eigenvalue weighted by Crippen LogP contribution is 2.32. The van der Waals surface area contributed by atoms with Crippen molar-refractivity contribution in [1.82, 2.24) is 0 Å². The first-order valence-electron chi connectivity index (χ1n) is 8.39. The molecular weight excluding hydrogens is 417 g/mol. The Morgan fingerprint density at radius 1 is 0.893 bits per heavy atom. The molecular formula is C21H17Cl2NO3S. The van der Waals surface area contributed by atoms with E-state index in [1.807, 2.05) is 13.0 Å². The molecule has 144 valence electrons. The van der Waals surface area contributed by atoms with Crippen LogP contribution in [-0.2, 0) is 10.0 Å². The van der Waals surface area contributed by atoms with Crippen LogP contribution >= 0.6 is 23.2 Å². The molecule has 28 heavy (non-hydrogen) atoms. The SMILES string of the molecule is Cc1ccc(C)c(N(C(=O)c2ccc(Cl)cc2Cl)S(=O)(=O)c2ccccc2)c1. The van der Waals surface area contributed by atoms with Gasteiger partial charge in [-0.2, -0.15) is 4.31 Å². The van der Waals surface area contributed by atoms with Crippen LogP contribution in [0.25, 0.3) is 0 Å². The Balaban J connectivity index is 2.26.